The first-order chi connectivity index (χ1) is 20.3. The number of amides is 3. The zero-order valence-electron chi connectivity index (χ0n) is 23.3. The van der Waals surface area contributed by atoms with Gasteiger partial charge in [0.1, 0.15) is 12.4 Å². The van der Waals surface area contributed by atoms with Crippen LogP contribution in [0.25, 0.3) is 0 Å². The second-order valence-electron chi connectivity index (χ2n) is 11.4. The molecule has 0 spiro atoms. The lowest BCUT2D eigenvalue weighted by Crippen LogP contribution is -2.51. The Morgan fingerprint density at radius 3 is 2.45 bits per heavy atom. The van der Waals surface area contributed by atoms with Crippen LogP contribution in [-0.4, -0.2) is 91.0 Å². The molecule has 6 rings (SSSR count). The Labute approximate surface area is 262 Å². The molecular weight excluding hydrogens is 670 g/mol. The van der Waals surface area contributed by atoms with Crippen molar-refractivity contribution < 1.29 is 23.9 Å². The van der Waals surface area contributed by atoms with Gasteiger partial charge in [-0.05, 0) is 87.0 Å². The predicted molar refractivity (Wildman–Crippen MR) is 166 cm³/mol. The molecule has 0 radical (unpaired) electrons. The minimum atomic E-state index is -0.299. The van der Waals surface area contributed by atoms with Gasteiger partial charge in [-0.15, -0.1) is 0 Å². The van der Waals surface area contributed by atoms with Crippen LogP contribution in [0.2, 0.25) is 0 Å². The van der Waals surface area contributed by atoms with E-state index >= 15 is 0 Å². The number of carbonyl (C=O) groups is 3. The Balaban J connectivity index is 1.00. The molecule has 3 heterocycles. The number of rotatable bonds is 8. The number of nitrogens with two attached hydrogens (primary N) is 1. The van der Waals surface area contributed by atoms with E-state index in [1.807, 2.05) is 28.0 Å². The summed E-state index contributed by atoms with van der Waals surface area (Å²) < 4.78 is 12.7. The normalized spacial score (nSPS) is 22.9. The summed E-state index contributed by atoms with van der Waals surface area (Å²) in [5.74, 6) is 0.222. The van der Waals surface area contributed by atoms with Gasteiger partial charge in [0.15, 0.2) is 5.78 Å². The molecule has 2 aromatic rings. The van der Waals surface area contributed by atoms with E-state index in [1.54, 1.807) is 12.1 Å². The van der Waals surface area contributed by atoms with Crippen LogP contribution in [0.4, 0.5) is 16.2 Å². The van der Waals surface area contributed by atoms with Crippen molar-refractivity contribution in [3.05, 3.63) is 50.4 Å². The number of hydrogen-bond donors (Lipinski definition) is 2. The smallest absolute Gasteiger partial charge is 0.322 e. The first kappa shape index (κ1) is 29.4. The number of halogens is 2. The molecule has 3 fully saturated rings. The molecular formula is C30H35Br2N5O5. The van der Waals surface area contributed by atoms with E-state index in [4.69, 9.17) is 15.2 Å². The van der Waals surface area contributed by atoms with Crippen molar-refractivity contribution in [3.63, 3.8) is 0 Å². The number of nitrogens with zero attached hydrogens (tertiary/aromatic N) is 3. The Morgan fingerprint density at radius 2 is 1.74 bits per heavy atom. The van der Waals surface area contributed by atoms with E-state index in [-0.39, 0.29) is 35.6 Å². The monoisotopic (exact) mass is 703 g/mol. The van der Waals surface area contributed by atoms with E-state index in [1.165, 1.54) is 0 Å². The van der Waals surface area contributed by atoms with Gasteiger partial charge in [-0.3, -0.25) is 14.5 Å². The van der Waals surface area contributed by atoms with Crippen molar-refractivity contribution in [3.8, 4) is 5.75 Å². The third-order valence-corrected chi connectivity index (χ3v) is 10.0. The number of nitrogens with one attached hydrogen (secondary N) is 1. The number of benzene rings is 2. The number of hydrogen-bond acceptors (Lipinski definition) is 7. The zero-order valence-corrected chi connectivity index (χ0v) is 26.5. The van der Waals surface area contributed by atoms with Gasteiger partial charge < -0.3 is 30.3 Å². The van der Waals surface area contributed by atoms with Crippen molar-refractivity contribution in [1.82, 2.24) is 14.7 Å². The van der Waals surface area contributed by atoms with E-state index in [0.717, 1.165) is 49.8 Å². The molecule has 42 heavy (non-hydrogen) atoms. The molecule has 2 unspecified atom stereocenters. The SMILES string of the molecule is Nc1c(Br)cc(C(=O)C2CC2C(=O)N2CCC(N3Cc4cc(OCCN5CCOCC5)ccc4NC3=O)CC2)cc1Br. The summed E-state index contributed by atoms with van der Waals surface area (Å²) in [5.41, 5.74) is 8.88. The van der Waals surface area contributed by atoms with Gasteiger partial charge >= 0.3 is 6.03 Å². The molecule has 3 aliphatic heterocycles. The number of piperidine rings is 1. The molecule has 2 atom stereocenters. The summed E-state index contributed by atoms with van der Waals surface area (Å²) in [6, 6.07) is 9.19. The van der Waals surface area contributed by atoms with Gasteiger partial charge in [-0.25, -0.2) is 4.79 Å². The second-order valence-corrected chi connectivity index (χ2v) is 13.1. The largest absolute Gasteiger partial charge is 0.492 e. The maximum Gasteiger partial charge on any atom is 0.322 e. The summed E-state index contributed by atoms with van der Waals surface area (Å²) in [6.45, 7) is 6.50. The number of urea groups is 1. The average Bonchev–Trinajstić information content (AvgIpc) is 3.80. The van der Waals surface area contributed by atoms with Crippen LogP contribution in [0, 0.1) is 11.8 Å². The van der Waals surface area contributed by atoms with Crippen molar-refractivity contribution in [2.75, 3.05) is 63.6 Å². The highest BCUT2D eigenvalue weighted by Crippen LogP contribution is 2.44. The maximum atomic E-state index is 13.2. The fraction of sp³-hybridized carbons (Fsp3) is 0.500. The molecule has 2 saturated heterocycles. The quantitative estimate of drug-likeness (QED) is 0.310. The lowest BCUT2D eigenvalue weighted by Gasteiger charge is -2.40. The van der Waals surface area contributed by atoms with Gasteiger partial charge in [0.2, 0.25) is 5.91 Å². The van der Waals surface area contributed by atoms with Gasteiger partial charge in [-0.1, -0.05) is 0 Å². The fourth-order valence-electron chi connectivity index (χ4n) is 6.10. The number of anilines is 2. The highest BCUT2D eigenvalue weighted by molar-refractivity contribution is 9.11. The summed E-state index contributed by atoms with van der Waals surface area (Å²) >= 11 is 6.79. The van der Waals surface area contributed by atoms with E-state index in [9.17, 15) is 14.4 Å². The minimum absolute atomic E-state index is 0.0299. The molecule has 0 bridgehead atoms. The van der Waals surface area contributed by atoms with Gasteiger partial charge in [0, 0.05) is 77.3 Å². The molecule has 224 valence electrons. The maximum absolute atomic E-state index is 13.2. The average molecular weight is 705 g/mol. The number of Topliss-reactive ketones (excluding diaryl/α,β-unsaturated/α-hetero) is 1. The Morgan fingerprint density at radius 1 is 1.02 bits per heavy atom. The predicted octanol–water partition coefficient (Wildman–Crippen LogP) is 4.36. The number of fused-ring (bicyclic) bond motifs is 1. The number of likely N-dealkylation sites (tertiary alicyclic amines) is 1. The van der Waals surface area contributed by atoms with E-state index in [0.29, 0.717) is 65.7 Å². The Kier molecular flexibility index (Phi) is 8.76. The molecule has 3 N–H and O–H groups in total. The van der Waals surface area contributed by atoms with Crippen LogP contribution in [0.5, 0.6) is 5.75 Å². The Hall–Kier alpha value is -2.67. The first-order valence-electron chi connectivity index (χ1n) is 14.5. The van der Waals surface area contributed by atoms with Crippen molar-refractivity contribution in [2.45, 2.75) is 31.8 Å². The lowest BCUT2D eigenvalue weighted by atomic mass is 10.00. The van der Waals surface area contributed by atoms with Crippen molar-refractivity contribution in [1.29, 1.82) is 0 Å². The summed E-state index contributed by atoms with van der Waals surface area (Å²) in [5, 5.41) is 3.03. The molecule has 3 amide bonds. The molecule has 12 heteroatoms. The van der Waals surface area contributed by atoms with Gasteiger partial charge in [0.25, 0.3) is 0 Å². The first-order valence-corrected chi connectivity index (χ1v) is 16.1. The molecule has 1 aliphatic carbocycles. The molecule has 1 saturated carbocycles. The standard InChI is InChI=1S/C30H35Br2N5O5/c31-24-14-18(15-25(32)27(24)33)28(38)22-16-23(22)29(39)36-5-3-20(4-6-36)37-17-19-13-21(1-2-26(19)34-30(37)40)42-12-9-35-7-10-41-11-8-35/h1-2,13-15,20,22-23H,3-12,16-17,33H2,(H,34,40). The zero-order chi connectivity index (χ0) is 29.4. The lowest BCUT2D eigenvalue weighted by molar-refractivity contribution is -0.134. The second kappa shape index (κ2) is 12.5. The molecule has 2 aromatic carbocycles. The third-order valence-electron chi connectivity index (χ3n) is 8.72. The van der Waals surface area contributed by atoms with Crippen LogP contribution in [0.1, 0.15) is 35.2 Å². The minimum Gasteiger partial charge on any atom is -0.492 e. The van der Waals surface area contributed by atoms with E-state index in [2.05, 4.69) is 42.1 Å². The molecule has 0 aromatic heterocycles. The highest BCUT2D eigenvalue weighted by Gasteiger charge is 2.50. The fourth-order valence-corrected chi connectivity index (χ4v) is 7.28. The Bertz CT molecular complexity index is 1350. The van der Waals surface area contributed by atoms with Crippen LogP contribution in [0.15, 0.2) is 39.3 Å². The number of nitrogen functional groups attached to an aromatic ring is 1. The van der Waals surface area contributed by atoms with E-state index < -0.39 is 0 Å². The van der Waals surface area contributed by atoms with Crippen molar-refractivity contribution >= 4 is 61.0 Å². The summed E-state index contributed by atoms with van der Waals surface area (Å²) in [6.07, 6.45) is 1.97. The highest BCUT2D eigenvalue weighted by atomic mass is 79.9. The number of ketones is 1. The number of morpholine rings is 1. The molecule has 10 nitrogen and oxygen atoms in total. The van der Waals surface area contributed by atoms with Gasteiger partial charge in [-0.2, -0.15) is 0 Å². The van der Waals surface area contributed by atoms with Crippen LogP contribution in [0.3, 0.4) is 0 Å². The van der Waals surface area contributed by atoms with Crippen LogP contribution in [-0.2, 0) is 16.1 Å². The van der Waals surface area contributed by atoms with Crippen LogP contribution < -0.4 is 15.8 Å². The summed E-state index contributed by atoms with van der Waals surface area (Å²) in [4.78, 5) is 45.3. The topological polar surface area (TPSA) is 117 Å². The van der Waals surface area contributed by atoms with Crippen molar-refractivity contribution in [2.24, 2.45) is 11.8 Å². The molecule has 4 aliphatic rings. The van der Waals surface area contributed by atoms with Crippen LogP contribution >= 0.6 is 31.9 Å². The summed E-state index contributed by atoms with van der Waals surface area (Å²) in [7, 11) is 0. The number of ether oxygens (including phenoxy) is 2. The third kappa shape index (κ3) is 6.31. The van der Waals surface area contributed by atoms with Gasteiger partial charge in [0.05, 0.1) is 18.9 Å². The number of carbonyl (C=O) groups excluding carboxylic acids is 3.